The molecule has 2 rings (SSSR count). The number of hydrogen-bond acceptors (Lipinski definition) is 4. The van der Waals surface area contributed by atoms with Crippen LogP contribution in [-0.2, 0) is 9.59 Å². The number of benzene rings is 1. The molecule has 0 saturated carbocycles. The number of amides is 2. The van der Waals surface area contributed by atoms with Gasteiger partial charge in [0.2, 0.25) is 11.8 Å². The molecule has 1 N–H and O–H groups in total. The molecule has 1 saturated heterocycles. The van der Waals surface area contributed by atoms with Crippen molar-refractivity contribution in [3.63, 3.8) is 0 Å². The molecule has 0 aromatic heterocycles. The van der Waals surface area contributed by atoms with E-state index in [0.29, 0.717) is 18.8 Å². The quantitative estimate of drug-likeness (QED) is 0.767. The first-order chi connectivity index (χ1) is 11.4. The number of aryl methyl sites for hydroxylation is 1. The van der Waals surface area contributed by atoms with Crippen LogP contribution < -0.4 is 15.0 Å². The number of rotatable bonds is 7. The molecule has 1 fully saturated rings. The van der Waals surface area contributed by atoms with Crippen molar-refractivity contribution in [1.82, 2.24) is 10.2 Å². The molecule has 1 unspecified atom stereocenters. The Morgan fingerprint density at radius 2 is 2.17 bits per heavy atom. The van der Waals surface area contributed by atoms with Gasteiger partial charge in [0.1, 0.15) is 5.75 Å². The Balaban J connectivity index is 1.98. The van der Waals surface area contributed by atoms with E-state index in [4.69, 9.17) is 4.74 Å². The SMILES string of the molecule is COc1ccc(C)cc1N1CC(C(=O)NCCCN(C)C)CC1=O. The number of methoxy groups -OCH3 is 1. The van der Waals surface area contributed by atoms with Gasteiger partial charge in [-0.15, -0.1) is 0 Å². The lowest BCUT2D eigenvalue weighted by Gasteiger charge is -2.20. The third kappa shape index (κ3) is 4.47. The number of carbonyl (C=O) groups excluding carboxylic acids is 2. The highest BCUT2D eigenvalue weighted by atomic mass is 16.5. The van der Waals surface area contributed by atoms with Gasteiger partial charge < -0.3 is 19.9 Å². The van der Waals surface area contributed by atoms with Crippen molar-refractivity contribution < 1.29 is 14.3 Å². The number of hydrogen-bond donors (Lipinski definition) is 1. The second-order valence-corrected chi connectivity index (χ2v) is 6.53. The molecular formula is C18H27N3O3. The first-order valence-electron chi connectivity index (χ1n) is 8.30. The zero-order valence-corrected chi connectivity index (χ0v) is 15.0. The van der Waals surface area contributed by atoms with Gasteiger partial charge in [-0.25, -0.2) is 0 Å². The fourth-order valence-corrected chi connectivity index (χ4v) is 2.88. The van der Waals surface area contributed by atoms with Gasteiger partial charge in [-0.3, -0.25) is 9.59 Å². The minimum absolute atomic E-state index is 0.0349. The second kappa shape index (κ2) is 8.15. The fourth-order valence-electron chi connectivity index (χ4n) is 2.88. The van der Waals surface area contributed by atoms with Gasteiger partial charge in [0.15, 0.2) is 0 Å². The second-order valence-electron chi connectivity index (χ2n) is 6.53. The van der Waals surface area contributed by atoms with Crippen LogP contribution in [0.4, 0.5) is 5.69 Å². The number of nitrogens with one attached hydrogen (secondary N) is 1. The average molecular weight is 333 g/mol. The van der Waals surface area contributed by atoms with Gasteiger partial charge >= 0.3 is 0 Å². The largest absolute Gasteiger partial charge is 0.495 e. The molecule has 1 aliphatic heterocycles. The van der Waals surface area contributed by atoms with E-state index < -0.39 is 0 Å². The molecule has 0 aliphatic carbocycles. The van der Waals surface area contributed by atoms with Crippen molar-refractivity contribution in [3.8, 4) is 5.75 Å². The normalized spacial score (nSPS) is 17.5. The predicted molar refractivity (Wildman–Crippen MR) is 94.4 cm³/mol. The van der Waals surface area contributed by atoms with E-state index >= 15 is 0 Å². The molecule has 1 aromatic rings. The molecule has 6 heteroatoms. The van der Waals surface area contributed by atoms with E-state index in [1.807, 2.05) is 39.2 Å². The van der Waals surface area contributed by atoms with Gasteiger partial charge in [0.05, 0.1) is 18.7 Å². The number of ether oxygens (including phenoxy) is 1. The third-order valence-electron chi connectivity index (χ3n) is 4.20. The van der Waals surface area contributed by atoms with E-state index in [0.717, 1.165) is 24.2 Å². The first-order valence-corrected chi connectivity index (χ1v) is 8.30. The Morgan fingerprint density at radius 1 is 1.42 bits per heavy atom. The van der Waals surface area contributed by atoms with Crippen molar-refractivity contribution in [3.05, 3.63) is 23.8 Å². The molecule has 24 heavy (non-hydrogen) atoms. The molecule has 0 spiro atoms. The molecule has 2 amide bonds. The molecule has 1 atom stereocenters. The van der Waals surface area contributed by atoms with Crippen LogP contribution in [0.15, 0.2) is 18.2 Å². The maximum Gasteiger partial charge on any atom is 0.227 e. The molecule has 0 radical (unpaired) electrons. The summed E-state index contributed by atoms with van der Waals surface area (Å²) in [4.78, 5) is 28.4. The zero-order valence-electron chi connectivity index (χ0n) is 15.0. The summed E-state index contributed by atoms with van der Waals surface area (Å²) in [5, 5.41) is 2.94. The van der Waals surface area contributed by atoms with Crippen molar-refractivity contribution in [2.45, 2.75) is 19.8 Å². The van der Waals surface area contributed by atoms with Crippen LogP contribution in [0.1, 0.15) is 18.4 Å². The van der Waals surface area contributed by atoms with Gasteiger partial charge in [0.25, 0.3) is 0 Å². The van der Waals surface area contributed by atoms with Gasteiger partial charge in [-0.05, 0) is 51.7 Å². The van der Waals surface area contributed by atoms with E-state index in [-0.39, 0.29) is 24.2 Å². The maximum atomic E-state index is 12.4. The Morgan fingerprint density at radius 3 is 2.83 bits per heavy atom. The van der Waals surface area contributed by atoms with Gasteiger partial charge in [-0.1, -0.05) is 6.07 Å². The van der Waals surface area contributed by atoms with Crippen molar-refractivity contribution in [2.24, 2.45) is 5.92 Å². The van der Waals surface area contributed by atoms with Crippen molar-refractivity contribution in [1.29, 1.82) is 0 Å². The van der Waals surface area contributed by atoms with E-state index in [9.17, 15) is 9.59 Å². The summed E-state index contributed by atoms with van der Waals surface area (Å²) in [6.45, 7) is 3.93. The van der Waals surface area contributed by atoms with Crippen LogP contribution in [0.5, 0.6) is 5.75 Å². The summed E-state index contributed by atoms with van der Waals surface area (Å²) in [5.74, 6) is 0.270. The Labute approximate surface area is 143 Å². The third-order valence-corrected chi connectivity index (χ3v) is 4.20. The molecule has 1 aliphatic rings. The summed E-state index contributed by atoms with van der Waals surface area (Å²) in [5.41, 5.74) is 1.79. The van der Waals surface area contributed by atoms with Crippen LogP contribution in [0.25, 0.3) is 0 Å². The zero-order chi connectivity index (χ0) is 17.7. The van der Waals surface area contributed by atoms with Crippen molar-refractivity contribution in [2.75, 3.05) is 45.7 Å². The smallest absolute Gasteiger partial charge is 0.227 e. The topological polar surface area (TPSA) is 61.9 Å². The molecular weight excluding hydrogens is 306 g/mol. The predicted octanol–water partition coefficient (Wildman–Crippen LogP) is 1.42. The van der Waals surface area contributed by atoms with Crippen LogP contribution >= 0.6 is 0 Å². The van der Waals surface area contributed by atoms with Crippen LogP contribution in [0.3, 0.4) is 0 Å². The van der Waals surface area contributed by atoms with Crippen LogP contribution in [0.2, 0.25) is 0 Å². The van der Waals surface area contributed by atoms with E-state index in [1.165, 1.54) is 0 Å². The molecule has 6 nitrogen and oxygen atoms in total. The summed E-state index contributed by atoms with van der Waals surface area (Å²) in [6.07, 6.45) is 1.14. The summed E-state index contributed by atoms with van der Waals surface area (Å²) >= 11 is 0. The minimum atomic E-state index is -0.304. The lowest BCUT2D eigenvalue weighted by atomic mass is 10.1. The lowest BCUT2D eigenvalue weighted by molar-refractivity contribution is -0.126. The Bertz CT molecular complexity index is 601. The number of anilines is 1. The summed E-state index contributed by atoms with van der Waals surface area (Å²) in [7, 11) is 5.60. The van der Waals surface area contributed by atoms with Crippen molar-refractivity contribution >= 4 is 17.5 Å². The van der Waals surface area contributed by atoms with E-state index in [1.54, 1.807) is 12.0 Å². The molecule has 1 aromatic carbocycles. The van der Waals surface area contributed by atoms with Crippen LogP contribution in [0, 0.1) is 12.8 Å². The number of nitrogens with zero attached hydrogens (tertiary/aromatic N) is 2. The molecule has 132 valence electrons. The molecule has 1 heterocycles. The van der Waals surface area contributed by atoms with E-state index in [2.05, 4.69) is 10.2 Å². The Kier molecular flexibility index (Phi) is 6.20. The molecule has 0 bridgehead atoms. The maximum absolute atomic E-state index is 12.4. The average Bonchev–Trinajstić information content (AvgIpc) is 2.93. The fraction of sp³-hybridized carbons (Fsp3) is 0.556. The van der Waals surface area contributed by atoms with Crippen LogP contribution in [-0.4, -0.2) is 57.6 Å². The highest BCUT2D eigenvalue weighted by Gasteiger charge is 2.36. The van der Waals surface area contributed by atoms with Gasteiger partial charge in [-0.2, -0.15) is 0 Å². The highest BCUT2D eigenvalue weighted by Crippen LogP contribution is 2.33. The Hall–Kier alpha value is -2.08. The standard InChI is InChI=1S/C18H27N3O3/c1-13-6-7-16(24-4)15(10-13)21-12-14(11-17(21)22)18(23)19-8-5-9-20(2)3/h6-7,10,14H,5,8-9,11-12H2,1-4H3,(H,19,23). The van der Waals surface area contributed by atoms with Gasteiger partial charge in [0, 0.05) is 19.5 Å². The lowest BCUT2D eigenvalue weighted by Crippen LogP contribution is -2.34. The number of carbonyl (C=O) groups is 2. The summed E-state index contributed by atoms with van der Waals surface area (Å²) in [6, 6.07) is 5.72. The minimum Gasteiger partial charge on any atom is -0.495 e. The summed E-state index contributed by atoms with van der Waals surface area (Å²) < 4.78 is 5.36. The first kappa shape index (κ1) is 18.3. The highest BCUT2D eigenvalue weighted by molar-refractivity contribution is 6.01. The monoisotopic (exact) mass is 333 g/mol.